The number of rotatable bonds is 8. The van der Waals surface area contributed by atoms with Crippen molar-refractivity contribution in [1.29, 1.82) is 0 Å². The largest absolute Gasteiger partial charge is 0.457 e. The predicted octanol–water partition coefficient (Wildman–Crippen LogP) is 3.96. The molecule has 1 amide bonds. The zero-order valence-electron chi connectivity index (χ0n) is 19.8. The predicted molar refractivity (Wildman–Crippen MR) is 139 cm³/mol. The van der Waals surface area contributed by atoms with Crippen LogP contribution in [0.4, 0.5) is 9.70 Å². The highest BCUT2D eigenvalue weighted by atomic mass is 32.3. The lowest BCUT2D eigenvalue weighted by Crippen LogP contribution is -2.27. The quantitative estimate of drug-likeness (QED) is 0.286. The van der Waals surface area contributed by atoms with Crippen LogP contribution in [-0.4, -0.2) is 40.6 Å². The van der Waals surface area contributed by atoms with Crippen molar-refractivity contribution in [2.75, 3.05) is 12.3 Å². The van der Waals surface area contributed by atoms with Gasteiger partial charge in [-0.25, -0.2) is 14.6 Å². The number of nitrogen functional groups attached to an aromatic ring is 1. The minimum Gasteiger partial charge on any atom is -0.457 e. The van der Waals surface area contributed by atoms with Gasteiger partial charge in [0.05, 0.1) is 16.8 Å². The Morgan fingerprint density at radius 3 is 2.32 bits per heavy atom. The van der Waals surface area contributed by atoms with Gasteiger partial charge in [-0.05, 0) is 60.7 Å². The molecule has 0 aliphatic rings. The fraction of sp³-hybridized carbons (Fsp3) is 0.0769. The van der Waals surface area contributed by atoms with Gasteiger partial charge >= 0.3 is 10.2 Å². The number of carbonyl (C=O) groups is 1. The minimum absolute atomic E-state index is 0.186. The van der Waals surface area contributed by atoms with Crippen LogP contribution in [-0.2, 0) is 16.8 Å². The van der Waals surface area contributed by atoms with Crippen molar-refractivity contribution in [3.8, 4) is 22.8 Å². The van der Waals surface area contributed by atoms with E-state index in [4.69, 9.17) is 10.5 Å². The van der Waals surface area contributed by atoms with E-state index in [1.165, 1.54) is 18.5 Å². The molecule has 0 atom stereocenters. The molecule has 0 aliphatic heterocycles. The molecule has 12 heteroatoms. The number of hydrogen-bond donors (Lipinski definition) is 2. The molecule has 0 fully saturated rings. The normalized spacial score (nSPS) is 11.4. The first-order chi connectivity index (χ1) is 18.3. The van der Waals surface area contributed by atoms with E-state index in [9.17, 15) is 17.1 Å². The number of nitrogens with zero attached hydrogens (tertiary/aromatic N) is 4. The second-order valence-corrected chi connectivity index (χ2v) is 9.53. The maximum Gasteiger partial charge on any atom is 0.332 e. The van der Waals surface area contributed by atoms with Crippen LogP contribution in [0, 0.1) is 0 Å². The number of aromatic nitrogens is 4. The third-order valence-electron chi connectivity index (χ3n) is 5.67. The Balaban J connectivity index is 1.33. The van der Waals surface area contributed by atoms with E-state index >= 15 is 0 Å². The van der Waals surface area contributed by atoms with E-state index in [-0.39, 0.29) is 24.5 Å². The van der Waals surface area contributed by atoms with Gasteiger partial charge < -0.3 is 15.8 Å². The molecule has 0 radical (unpaired) electrons. The number of hydrogen-bond acceptors (Lipinski definition) is 8. The maximum atomic E-state index is 13.1. The average Bonchev–Trinajstić information content (AvgIpc) is 3.29. The molecule has 0 aliphatic carbocycles. The van der Waals surface area contributed by atoms with E-state index < -0.39 is 21.0 Å². The third-order valence-corrected chi connectivity index (χ3v) is 6.51. The van der Waals surface area contributed by atoms with Crippen LogP contribution in [0.3, 0.4) is 0 Å². The summed E-state index contributed by atoms with van der Waals surface area (Å²) in [4.78, 5) is 20.4. The lowest BCUT2D eigenvalue weighted by molar-refractivity contribution is 0.0952. The number of benzene rings is 3. The van der Waals surface area contributed by atoms with Gasteiger partial charge in [0.1, 0.15) is 29.3 Å². The first-order valence-electron chi connectivity index (χ1n) is 11.4. The van der Waals surface area contributed by atoms with Crippen LogP contribution in [0.15, 0.2) is 90.1 Å². The summed E-state index contributed by atoms with van der Waals surface area (Å²) in [7, 11) is -4.83. The molecule has 0 unspecified atom stereocenters. The molecule has 3 N–H and O–H groups in total. The number of amides is 1. The molecular weight excluding hydrogens is 511 g/mol. The summed E-state index contributed by atoms with van der Waals surface area (Å²) in [6.45, 7) is 0.455. The second kappa shape index (κ2) is 10.3. The second-order valence-electron chi connectivity index (χ2n) is 8.19. The molecule has 2 aromatic heterocycles. The van der Waals surface area contributed by atoms with Gasteiger partial charge in [-0.15, -0.1) is 3.89 Å². The zero-order chi connectivity index (χ0) is 26.7. The first kappa shape index (κ1) is 24.8. The van der Waals surface area contributed by atoms with Gasteiger partial charge in [0.25, 0.3) is 5.91 Å². The summed E-state index contributed by atoms with van der Waals surface area (Å²) in [5.41, 5.74) is 8.22. The van der Waals surface area contributed by atoms with Crippen molar-refractivity contribution in [2.24, 2.45) is 0 Å². The smallest absolute Gasteiger partial charge is 0.332 e. The number of halogens is 1. The SMILES string of the molecule is Nc1ncnc2c1c(-c1ccc(Oc3ccccc3)cc1)nn2CCNC(=O)c1ccc(S(=O)(=O)F)cc1. The Labute approximate surface area is 217 Å². The van der Waals surface area contributed by atoms with E-state index in [1.54, 1.807) is 4.68 Å². The Hall–Kier alpha value is -4.84. The fourth-order valence-electron chi connectivity index (χ4n) is 3.84. The summed E-state index contributed by atoms with van der Waals surface area (Å²) in [6, 6.07) is 21.3. The van der Waals surface area contributed by atoms with Crippen molar-refractivity contribution >= 4 is 33.0 Å². The fourth-order valence-corrected chi connectivity index (χ4v) is 4.30. The van der Waals surface area contributed by atoms with Gasteiger partial charge in [-0.2, -0.15) is 13.5 Å². The Kier molecular flexibility index (Phi) is 6.71. The van der Waals surface area contributed by atoms with Crippen molar-refractivity contribution < 1.29 is 21.8 Å². The topological polar surface area (TPSA) is 142 Å². The van der Waals surface area contributed by atoms with E-state index in [0.29, 0.717) is 22.5 Å². The standard InChI is InChI=1S/C26H21FN6O4S/c27-38(35,36)21-12-8-18(9-13-21)26(34)29-14-15-33-25-22(24(28)30-16-31-25)23(32-33)17-6-10-20(11-7-17)37-19-4-2-1-3-5-19/h1-13,16H,14-15H2,(H,29,34)(H2,28,30,31). The zero-order valence-corrected chi connectivity index (χ0v) is 20.6. The number of nitrogens with two attached hydrogens (primary N) is 1. The van der Waals surface area contributed by atoms with Crippen LogP contribution in [0.5, 0.6) is 11.5 Å². The van der Waals surface area contributed by atoms with E-state index in [1.807, 2.05) is 54.6 Å². The lowest BCUT2D eigenvalue weighted by atomic mass is 10.1. The number of para-hydroxylation sites is 1. The maximum absolute atomic E-state index is 13.1. The molecule has 2 heterocycles. The summed E-state index contributed by atoms with van der Waals surface area (Å²) < 4.78 is 42.5. The van der Waals surface area contributed by atoms with E-state index in [2.05, 4.69) is 20.4 Å². The number of anilines is 1. The molecule has 3 aromatic carbocycles. The number of carbonyl (C=O) groups excluding carboxylic acids is 1. The number of ether oxygens (including phenoxy) is 1. The van der Waals surface area contributed by atoms with Gasteiger partial charge in [0.2, 0.25) is 0 Å². The molecule has 0 bridgehead atoms. The van der Waals surface area contributed by atoms with Crippen LogP contribution < -0.4 is 15.8 Å². The molecular formula is C26H21FN6O4S. The summed E-state index contributed by atoms with van der Waals surface area (Å²) in [6.07, 6.45) is 1.34. The van der Waals surface area contributed by atoms with Crippen molar-refractivity contribution in [3.63, 3.8) is 0 Å². The molecule has 10 nitrogen and oxygen atoms in total. The van der Waals surface area contributed by atoms with Crippen LogP contribution in [0.25, 0.3) is 22.3 Å². The Morgan fingerprint density at radius 2 is 1.63 bits per heavy atom. The lowest BCUT2D eigenvalue weighted by Gasteiger charge is -2.07. The Morgan fingerprint density at radius 1 is 0.947 bits per heavy atom. The molecule has 192 valence electrons. The molecule has 5 rings (SSSR count). The monoisotopic (exact) mass is 532 g/mol. The highest BCUT2D eigenvalue weighted by molar-refractivity contribution is 7.86. The van der Waals surface area contributed by atoms with E-state index in [0.717, 1.165) is 23.4 Å². The molecule has 0 saturated heterocycles. The van der Waals surface area contributed by atoms with Crippen molar-refractivity contribution in [3.05, 3.63) is 90.8 Å². The first-order valence-corrected chi connectivity index (χ1v) is 12.8. The van der Waals surface area contributed by atoms with Crippen LogP contribution in [0.1, 0.15) is 10.4 Å². The molecule has 0 spiro atoms. The van der Waals surface area contributed by atoms with Gasteiger partial charge in [0, 0.05) is 17.7 Å². The van der Waals surface area contributed by atoms with Crippen molar-refractivity contribution in [2.45, 2.75) is 11.4 Å². The van der Waals surface area contributed by atoms with Crippen LogP contribution >= 0.6 is 0 Å². The summed E-state index contributed by atoms with van der Waals surface area (Å²) in [5.74, 6) is 1.20. The number of fused-ring (bicyclic) bond motifs is 1. The Bertz CT molecular complexity index is 1710. The highest BCUT2D eigenvalue weighted by Gasteiger charge is 2.18. The average molecular weight is 533 g/mol. The molecule has 38 heavy (non-hydrogen) atoms. The molecule has 0 saturated carbocycles. The highest BCUT2D eigenvalue weighted by Crippen LogP contribution is 2.32. The van der Waals surface area contributed by atoms with Gasteiger partial charge in [0.15, 0.2) is 5.65 Å². The third kappa shape index (κ3) is 5.30. The van der Waals surface area contributed by atoms with Crippen LogP contribution in [0.2, 0.25) is 0 Å². The summed E-state index contributed by atoms with van der Waals surface area (Å²) >= 11 is 0. The molecule has 5 aromatic rings. The minimum atomic E-state index is -4.83. The van der Waals surface area contributed by atoms with Crippen molar-refractivity contribution in [1.82, 2.24) is 25.1 Å². The van der Waals surface area contributed by atoms with Gasteiger partial charge in [-0.3, -0.25) is 4.79 Å². The number of nitrogens with one attached hydrogen (secondary N) is 1. The summed E-state index contributed by atoms with van der Waals surface area (Å²) in [5, 5.41) is 7.99. The van der Waals surface area contributed by atoms with Gasteiger partial charge in [-0.1, -0.05) is 18.2 Å².